The number of hydrogen-bond acceptors (Lipinski definition) is 6. The van der Waals surface area contributed by atoms with E-state index >= 15 is 0 Å². The van der Waals surface area contributed by atoms with E-state index in [0.717, 1.165) is 75.5 Å². The summed E-state index contributed by atoms with van der Waals surface area (Å²) in [6, 6.07) is 0. The Morgan fingerprint density at radius 3 is 0.843 bits per heavy atom. The molecule has 6 nitrogen and oxygen atoms in total. The molecular formula is C45H86O6. The topological polar surface area (TPSA) is 78.9 Å². The number of unbranched alkanes of at least 4 members (excludes halogenated alkanes) is 21. The normalized spacial score (nSPS) is 12.2. The van der Waals surface area contributed by atoms with Crippen LogP contribution >= 0.6 is 0 Å². The molecule has 302 valence electrons. The quantitative estimate of drug-likeness (QED) is 0.0359. The van der Waals surface area contributed by atoms with Crippen LogP contribution in [0, 0.1) is 17.8 Å². The lowest BCUT2D eigenvalue weighted by Crippen LogP contribution is -2.30. The van der Waals surface area contributed by atoms with Crippen molar-refractivity contribution >= 4 is 17.9 Å². The van der Waals surface area contributed by atoms with E-state index in [9.17, 15) is 14.4 Å². The summed E-state index contributed by atoms with van der Waals surface area (Å²) in [7, 11) is 0. The van der Waals surface area contributed by atoms with Gasteiger partial charge < -0.3 is 14.2 Å². The summed E-state index contributed by atoms with van der Waals surface area (Å²) in [5, 5.41) is 0. The van der Waals surface area contributed by atoms with Crippen LogP contribution in [0.5, 0.6) is 0 Å². The Kier molecular flexibility index (Phi) is 35.6. The summed E-state index contributed by atoms with van der Waals surface area (Å²) >= 11 is 0. The lowest BCUT2D eigenvalue weighted by atomic mass is 10.0. The highest BCUT2D eigenvalue weighted by atomic mass is 16.6. The van der Waals surface area contributed by atoms with E-state index in [4.69, 9.17) is 14.2 Å². The fourth-order valence-electron chi connectivity index (χ4n) is 6.52. The Morgan fingerprint density at radius 1 is 0.333 bits per heavy atom. The Hall–Kier alpha value is -1.59. The van der Waals surface area contributed by atoms with Crippen molar-refractivity contribution in [1.29, 1.82) is 0 Å². The zero-order chi connectivity index (χ0) is 37.8. The van der Waals surface area contributed by atoms with E-state index in [2.05, 4.69) is 41.5 Å². The molecule has 0 saturated heterocycles. The largest absolute Gasteiger partial charge is 0.462 e. The molecule has 0 aliphatic rings. The smallest absolute Gasteiger partial charge is 0.306 e. The Bertz CT molecular complexity index is 792. The van der Waals surface area contributed by atoms with Crippen LogP contribution in [-0.4, -0.2) is 37.2 Å². The lowest BCUT2D eigenvalue weighted by molar-refractivity contribution is -0.167. The zero-order valence-corrected chi connectivity index (χ0v) is 34.9. The van der Waals surface area contributed by atoms with Gasteiger partial charge in [-0.3, -0.25) is 14.4 Å². The Morgan fingerprint density at radius 2 is 0.569 bits per heavy atom. The van der Waals surface area contributed by atoms with Gasteiger partial charge in [0, 0.05) is 19.3 Å². The second-order valence-electron chi connectivity index (χ2n) is 16.8. The van der Waals surface area contributed by atoms with Crippen molar-refractivity contribution in [2.75, 3.05) is 13.2 Å². The standard InChI is InChI=1S/C45H86O6/c1-39(2)31-25-19-13-8-7-9-16-22-28-34-43(46)49-37-42(38-50-44(47)35-29-23-18-12-15-21-27-33-41(5)6)51-45(48)36-30-24-17-11-10-14-20-26-32-40(3)4/h39-42H,7-38H2,1-6H3/t42-/m1/s1. The molecule has 0 unspecified atom stereocenters. The van der Waals surface area contributed by atoms with Gasteiger partial charge in [-0.25, -0.2) is 0 Å². The first-order chi connectivity index (χ1) is 24.6. The molecule has 0 radical (unpaired) electrons. The number of hydrogen-bond donors (Lipinski definition) is 0. The summed E-state index contributed by atoms with van der Waals surface area (Å²) in [6.45, 7) is 13.6. The van der Waals surface area contributed by atoms with Gasteiger partial charge in [-0.15, -0.1) is 0 Å². The van der Waals surface area contributed by atoms with Crippen molar-refractivity contribution in [3.8, 4) is 0 Å². The monoisotopic (exact) mass is 723 g/mol. The van der Waals surface area contributed by atoms with Crippen molar-refractivity contribution in [3.05, 3.63) is 0 Å². The summed E-state index contributed by atoms with van der Waals surface area (Å²) in [4.78, 5) is 37.6. The van der Waals surface area contributed by atoms with Gasteiger partial charge in [0.1, 0.15) is 13.2 Å². The fourth-order valence-corrected chi connectivity index (χ4v) is 6.52. The summed E-state index contributed by atoms with van der Waals surface area (Å²) < 4.78 is 16.7. The van der Waals surface area contributed by atoms with Gasteiger partial charge >= 0.3 is 17.9 Å². The van der Waals surface area contributed by atoms with Crippen molar-refractivity contribution in [1.82, 2.24) is 0 Å². The summed E-state index contributed by atoms with van der Waals surface area (Å²) in [6.07, 6.45) is 32.5. The van der Waals surface area contributed by atoms with Gasteiger partial charge in [-0.05, 0) is 37.0 Å². The first-order valence-electron chi connectivity index (χ1n) is 22.1. The van der Waals surface area contributed by atoms with Crippen LogP contribution in [0.4, 0.5) is 0 Å². The predicted molar refractivity (Wildman–Crippen MR) is 215 cm³/mol. The number of esters is 3. The average molecular weight is 723 g/mol. The summed E-state index contributed by atoms with van der Waals surface area (Å²) in [5.41, 5.74) is 0. The second kappa shape index (κ2) is 36.8. The lowest BCUT2D eigenvalue weighted by Gasteiger charge is -2.18. The minimum absolute atomic E-state index is 0.0672. The molecule has 0 saturated carbocycles. The number of carbonyl (C=O) groups is 3. The van der Waals surface area contributed by atoms with Gasteiger partial charge in [0.25, 0.3) is 0 Å². The SMILES string of the molecule is CC(C)CCCCCCCCCCCC(=O)OC[C@H](COC(=O)CCCCCCCCCC(C)C)OC(=O)CCCCCCCCCCC(C)C. The van der Waals surface area contributed by atoms with E-state index in [1.807, 2.05) is 0 Å². The van der Waals surface area contributed by atoms with Crippen LogP contribution in [0.3, 0.4) is 0 Å². The van der Waals surface area contributed by atoms with Gasteiger partial charge in [-0.2, -0.15) is 0 Å². The molecule has 0 amide bonds. The second-order valence-corrected chi connectivity index (χ2v) is 16.8. The Labute approximate surface area is 317 Å². The van der Waals surface area contributed by atoms with E-state index < -0.39 is 6.10 Å². The van der Waals surface area contributed by atoms with Gasteiger partial charge in [-0.1, -0.05) is 196 Å². The number of ether oxygens (including phenoxy) is 3. The highest BCUT2D eigenvalue weighted by Gasteiger charge is 2.19. The molecule has 0 spiro atoms. The first kappa shape index (κ1) is 49.4. The maximum Gasteiger partial charge on any atom is 0.306 e. The van der Waals surface area contributed by atoms with Crippen molar-refractivity contribution in [3.63, 3.8) is 0 Å². The van der Waals surface area contributed by atoms with Crippen LogP contribution in [0.2, 0.25) is 0 Å². The molecule has 0 fully saturated rings. The van der Waals surface area contributed by atoms with Crippen molar-refractivity contribution in [2.45, 2.75) is 240 Å². The molecular weight excluding hydrogens is 636 g/mol. The van der Waals surface area contributed by atoms with Crippen molar-refractivity contribution in [2.24, 2.45) is 17.8 Å². The van der Waals surface area contributed by atoms with E-state index in [0.29, 0.717) is 19.3 Å². The van der Waals surface area contributed by atoms with Crippen molar-refractivity contribution < 1.29 is 28.6 Å². The molecule has 0 aliphatic heterocycles. The van der Waals surface area contributed by atoms with E-state index in [1.54, 1.807) is 0 Å². The number of rotatable bonds is 38. The highest BCUT2D eigenvalue weighted by molar-refractivity contribution is 5.71. The minimum Gasteiger partial charge on any atom is -0.462 e. The molecule has 0 heterocycles. The molecule has 0 bridgehead atoms. The average Bonchev–Trinajstić information content (AvgIpc) is 3.07. The maximum atomic E-state index is 12.7. The van der Waals surface area contributed by atoms with Crippen LogP contribution < -0.4 is 0 Å². The third kappa shape index (κ3) is 39.5. The zero-order valence-electron chi connectivity index (χ0n) is 34.9. The molecule has 1 atom stereocenters. The molecule has 6 heteroatoms. The van der Waals surface area contributed by atoms with E-state index in [-0.39, 0.29) is 31.1 Å². The van der Waals surface area contributed by atoms with Crippen LogP contribution in [0.25, 0.3) is 0 Å². The van der Waals surface area contributed by atoms with Gasteiger partial charge in [0.2, 0.25) is 0 Å². The van der Waals surface area contributed by atoms with Gasteiger partial charge in [0.15, 0.2) is 6.10 Å². The van der Waals surface area contributed by atoms with Gasteiger partial charge in [0.05, 0.1) is 0 Å². The third-order valence-corrected chi connectivity index (χ3v) is 9.90. The third-order valence-electron chi connectivity index (χ3n) is 9.90. The molecule has 51 heavy (non-hydrogen) atoms. The number of carbonyl (C=O) groups excluding carboxylic acids is 3. The molecule has 0 aromatic heterocycles. The molecule has 0 N–H and O–H groups in total. The first-order valence-corrected chi connectivity index (χ1v) is 22.1. The highest BCUT2D eigenvalue weighted by Crippen LogP contribution is 2.16. The minimum atomic E-state index is -0.761. The predicted octanol–water partition coefficient (Wildman–Crippen LogP) is 13.7. The van der Waals surface area contributed by atoms with Crippen LogP contribution in [0.1, 0.15) is 234 Å². The van der Waals surface area contributed by atoms with E-state index in [1.165, 1.54) is 116 Å². The van der Waals surface area contributed by atoms with Crippen LogP contribution in [-0.2, 0) is 28.6 Å². The van der Waals surface area contributed by atoms with Crippen LogP contribution in [0.15, 0.2) is 0 Å². The summed E-state index contributed by atoms with van der Waals surface area (Å²) in [5.74, 6) is 1.51. The maximum absolute atomic E-state index is 12.7. The molecule has 0 rings (SSSR count). The molecule has 0 aromatic rings. The fraction of sp³-hybridized carbons (Fsp3) is 0.933. The molecule has 0 aromatic carbocycles. The Balaban J connectivity index is 4.35. The molecule has 0 aliphatic carbocycles.